The first-order valence-electron chi connectivity index (χ1n) is 9.36. The van der Waals surface area contributed by atoms with Crippen LogP contribution in [-0.2, 0) is 9.59 Å². The van der Waals surface area contributed by atoms with E-state index in [0.29, 0.717) is 25.7 Å². The van der Waals surface area contributed by atoms with Crippen LogP contribution in [0.3, 0.4) is 0 Å². The molecule has 0 aliphatic heterocycles. The Kier molecular flexibility index (Phi) is 3.75. The van der Waals surface area contributed by atoms with Gasteiger partial charge < -0.3 is 15.3 Å². The maximum atomic E-state index is 12.3. The van der Waals surface area contributed by atoms with Gasteiger partial charge in [0.15, 0.2) is 11.6 Å². The highest BCUT2D eigenvalue weighted by molar-refractivity contribution is 6.01. The summed E-state index contributed by atoms with van der Waals surface area (Å²) in [6.45, 7) is 3.24. The molecule has 2 saturated carbocycles. The quantitative estimate of drug-likeness (QED) is 0.650. The van der Waals surface area contributed by atoms with Crippen molar-refractivity contribution in [2.45, 2.75) is 51.2 Å². The van der Waals surface area contributed by atoms with E-state index in [9.17, 15) is 24.9 Å². The van der Waals surface area contributed by atoms with Gasteiger partial charge in [0.1, 0.15) is 12.2 Å². The minimum Gasteiger partial charge on any atom is -0.392 e. The number of hydrogen-bond donors (Lipinski definition) is 3. The molecule has 140 valence electrons. The minimum atomic E-state index is -1.60. The highest BCUT2D eigenvalue weighted by Gasteiger charge is 2.66. The van der Waals surface area contributed by atoms with Crippen molar-refractivity contribution in [1.82, 2.24) is 0 Å². The van der Waals surface area contributed by atoms with Crippen molar-refractivity contribution in [2.75, 3.05) is 6.61 Å². The largest absolute Gasteiger partial charge is 0.392 e. The smallest absolute Gasteiger partial charge is 0.190 e. The summed E-state index contributed by atoms with van der Waals surface area (Å²) >= 11 is 0. The first-order chi connectivity index (χ1) is 12.2. The van der Waals surface area contributed by atoms with Crippen LogP contribution in [0, 0.1) is 22.7 Å². The fraction of sp³-hybridized carbons (Fsp3) is 0.619. The fourth-order valence-electron chi connectivity index (χ4n) is 6.23. The number of aliphatic hydroxyl groups is 3. The molecule has 6 atom stereocenters. The van der Waals surface area contributed by atoms with Gasteiger partial charge in [0, 0.05) is 16.7 Å². The summed E-state index contributed by atoms with van der Waals surface area (Å²) in [4.78, 5) is 24.1. The fourth-order valence-corrected chi connectivity index (χ4v) is 6.23. The van der Waals surface area contributed by atoms with Crippen molar-refractivity contribution in [3.05, 3.63) is 35.5 Å². The summed E-state index contributed by atoms with van der Waals surface area (Å²) in [5.41, 5.74) is -0.706. The van der Waals surface area contributed by atoms with Crippen LogP contribution in [0.25, 0.3) is 0 Å². The van der Waals surface area contributed by atoms with Crippen molar-refractivity contribution in [3.8, 4) is 0 Å². The van der Waals surface area contributed by atoms with Crippen LogP contribution < -0.4 is 0 Å². The topological polar surface area (TPSA) is 94.8 Å². The molecule has 0 aromatic rings. The van der Waals surface area contributed by atoms with Crippen LogP contribution in [-0.4, -0.2) is 45.2 Å². The zero-order chi connectivity index (χ0) is 18.9. The summed E-state index contributed by atoms with van der Waals surface area (Å²) < 4.78 is 0. The summed E-state index contributed by atoms with van der Waals surface area (Å²) in [5, 5.41) is 31.6. The lowest BCUT2D eigenvalue weighted by Gasteiger charge is -2.56. The Bertz CT molecular complexity index is 777. The minimum absolute atomic E-state index is 0.0131. The molecule has 4 aliphatic carbocycles. The Hall–Kier alpha value is -1.56. The van der Waals surface area contributed by atoms with Gasteiger partial charge in [0.2, 0.25) is 0 Å². The molecule has 5 nitrogen and oxygen atoms in total. The van der Waals surface area contributed by atoms with Gasteiger partial charge in [-0.3, -0.25) is 9.59 Å². The van der Waals surface area contributed by atoms with E-state index in [4.69, 9.17) is 0 Å². The Balaban J connectivity index is 1.81. The van der Waals surface area contributed by atoms with Crippen LogP contribution in [0.4, 0.5) is 0 Å². The third-order valence-corrected chi connectivity index (χ3v) is 7.70. The molecule has 0 heterocycles. The van der Waals surface area contributed by atoms with Gasteiger partial charge >= 0.3 is 0 Å². The molecule has 0 unspecified atom stereocenters. The number of aliphatic hydroxyl groups excluding tert-OH is 2. The van der Waals surface area contributed by atoms with Gasteiger partial charge in [-0.25, -0.2) is 0 Å². The number of ketones is 2. The van der Waals surface area contributed by atoms with Gasteiger partial charge in [-0.1, -0.05) is 37.1 Å². The molecule has 0 aromatic carbocycles. The molecule has 26 heavy (non-hydrogen) atoms. The Morgan fingerprint density at radius 1 is 1.35 bits per heavy atom. The maximum absolute atomic E-state index is 12.3. The van der Waals surface area contributed by atoms with Crippen LogP contribution in [0.15, 0.2) is 35.5 Å². The first-order valence-corrected chi connectivity index (χ1v) is 9.36. The van der Waals surface area contributed by atoms with Gasteiger partial charge in [-0.2, -0.15) is 0 Å². The van der Waals surface area contributed by atoms with E-state index in [2.05, 4.69) is 13.0 Å². The van der Waals surface area contributed by atoms with Gasteiger partial charge in [-0.15, -0.1) is 0 Å². The molecule has 2 fully saturated rings. The zero-order valence-electron chi connectivity index (χ0n) is 15.2. The molecule has 5 heteroatoms. The van der Waals surface area contributed by atoms with Crippen molar-refractivity contribution in [1.29, 1.82) is 0 Å². The third-order valence-electron chi connectivity index (χ3n) is 7.70. The third kappa shape index (κ3) is 2.02. The highest BCUT2D eigenvalue weighted by Crippen LogP contribution is 2.65. The van der Waals surface area contributed by atoms with Gasteiger partial charge in [0.05, 0.1) is 6.10 Å². The van der Waals surface area contributed by atoms with E-state index in [0.717, 1.165) is 11.1 Å². The van der Waals surface area contributed by atoms with Gasteiger partial charge in [-0.05, 0) is 43.8 Å². The number of allylic oxidation sites excluding steroid dienone is 5. The molecule has 0 aromatic heterocycles. The second kappa shape index (κ2) is 5.47. The standard InChI is InChI=1S/C21H26O5/c1-19-7-5-13(23)9-12(19)3-4-14-15-6-8-21(26,17(25)11-22)20(15,2)10-16(24)18(14)19/h4-5,7,9,15-16,18,22,24,26H,3,6,8,10-11H2,1-2H3/t15-,16-,18+,19-,20-,21+/m0/s1. The average molecular weight is 358 g/mol. The lowest BCUT2D eigenvalue weighted by molar-refractivity contribution is -0.161. The average Bonchev–Trinajstić information content (AvgIpc) is 2.86. The lowest BCUT2D eigenvalue weighted by atomic mass is 9.49. The van der Waals surface area contributed by atoms with E-state index in [1.165, 1.54) is 0 Å². The summed E-state index contributed by atoms with van der Waals surface area (Å²) in [6.07, 6.45) is 8.42. The molecule has 4 rings (SSSR count). The molecule has 3 N–H and O–H groups in total. The van der Waals surface area contributed by atoms with Crippen molar-refractivity contribution in [3.63, 3.8) is 0 Å². The number of Topliss-reactive ketones (excluding diaryl/α,β-unsaturated/α-hetero) is 1. The summed E-state index contributed by atoms with van der Waals surface area (Å²) in [6, 6.07) is 0. The number of carbonyl (C=O) groups is 2. The van der Waals surface area contributed by atoms with E-state index in [-0.39, 0.29) is 17.6 Å². The predicted octanol–water partition coefficient (Wildman–Crippen LogP) is 1.48. The molecular formula is C21H26O5. The number of hydrogen-bond acceptors (Lipinski definition) is 5. The number of carbonyl (C=O) groups excluding carboxylic acids is 2. The Morgan fingerprint density at radius 3 is 2.77 bits per heavy atom. The van der Waals surface area contributed by atoms with Crippen molar-refractivity contribution in [2.24, 2.45) is 22.7 Å². The highest BCUT2D eigenvalue weighted by atomic mass is 16.3. The van der Waals surface area contributed by atoms with Crippen LogP contribution in [0.1, 0.15) is 39.5 Å². The van der Waals surface area contributed by atoms with Crippen LogP contribution >= 0.6 is 0 Å². The monoisotopic (exact) mass is 358 g/mol. The van der Waals surface area contributed by atoms with E-state index >= 15 is 0 Å². The molecular weight excluding hydrogens is 332 g/mol. The second-order valence-electron chi connectivity index (χ2n) is 8.80. The lowest BCUT2D eigenvalue weighted by Crippen LogP contribution is -2.59. The van der Waals surface area contributed by atoms with Crippen LogP contribution in [0.2, 0.25) is 0 Å². The van der Waals surface area contributed by atoms with E-state index < -0.39 is 34.9 Å². The molecule has 0 radical (unpaired) electrons. The Morgan fingerprint density at radius 2 is 2.08 bits per heavy atom. The molecule has 0 amide bonds. The normalized spacial score (nSPS) is 46.8. The van der Waals surface area contributed by atoms with Crippen LogP contribution in [0.5, 0.6) is 0 Å². The SMILES string of the molecule is C[C@]12C=CC(=O)C=C1CC=C1[C@@H]2[C@@H](O)C[C@@]2(C)[C@H]1CC[C@@]2(O)C(=O)CO. The predicted molar refractivity (Wildman–Crippen MR) is 95.0 cm³/mol. The molecule has 4 aliphatic rings. The van der Waals surface area contributed by atoms with Crippen molar-refractivity contribution >= 4 is 11.6 Å². The first kappa shape index (κ1) is 17.8. The molecule has 0 spiro atoms. The number of fused-ring (bicyclic) bond motifs is 5. The molecule has 0 bridgehead atoms. The Labute approximate surface area is 153 Å². The van der Waals surface area contributed by atoms with E-state index in [1.54, 1.807) is 12.2 Å². The van der Waals surface area contributed by atoms with Crippen molar-refractivity contribution < 1.29 is 24.9 Å². The number of rotatable bonds is 2. The van der Waals surface area contributed by atoms with Gasteiger partial charge in [0.25, 0.3) is 0 Å². The van der Waals surface area contributed by atoms with E-state index in [1.807, 2.05) is 13.0 Å². The summed E-state index contributed by atoms with van der Waals surface area (Å²) in [7, 11) is 0. The zero-order valence-corrected chi connectivity index (χ0v) is 15.2. The molecule has 0 saturated heterocycles. The second-order valence-corrected chi connectivity index (χ2v) is 8.80. The summed E-state index contributed by atoms with van der Waals surface area (Å²) in [5.74, 6) is -0.745. The maximum Gasteiger partial charge on any atom is 0.190 e.